The molecule has 0 bridgehead atoms. The van der Waals surface area contributed by atoms with Crippen molar-refractivity contribution in [2.24, 2.45) is 10.7 Å². The Labute approximate surface area is 177 Å². The fraction of sp³-hybridized carbons (Fsp3) is 0.286. The van der Waals surface area contributed by atoms with Crippen molar-refractivity contribution in [2.75, 3.05) is 12.4 Å². The Morgan fingerprint density at radius 3 is 2.55 bits per heavy atom. The number of hydrogen-bond acceptors (Lipinski definition) is 4. The van der Waals surface area contributed by atoms with E-state index >= 15 is 0 Å². The molecular weight excluding hydrogens is 462 g/mol. The molecule has 0 radical (unpaired) electrons. The summed E-state index contributed by atoms with van der Waals surface area (Å²) in [5.74, 6) is -1.48. The molecule has 3 rings (SSSR count). The van der Waals surface area contributed by atoms with E-state index in [4.69, 9.17) is 5.73 Å². The first kappa shape index (κ1) is 21.6. The highest BCUT2D eigenvalue weighted by Gasteiger charge is 2.54. The lowest BCUT2D eigenvalue weighted by atomic mass is 9.92. The lowest BCUT2D eigenvalue weighted by molar-refractivity contribution is 0.406. The van der Waals surface area contributed by atoms with Gasteiger partial charge in [0.15, 0.2) is 14.6 Å². The molecular formula is C21H21BrF2N2O2S. The van der Waals surface area contributed by atoms with Gasteiger partial charge in [-0.1, -0.05) is 58.4 Å². The largest absolute Gasteiger partial charge is 0.386 e. The molecule has 2 aromatic rings. The van der Waals surface area contributed by atoms with Gasteiger partial charge in [-0.3, -0.25) is 4.99 Å². The SMILES string of the molecule is C[C@@]1(c2cc(Br)ccc2F)CS(=O)(=O)[C@](CF)(C/C=C/c2ccccc2)C(N)=N1. The number of nitrogens with two attached hydrogens (primary N) is 1. The van der Waals surface area contributed by atoms with E-state index in [0.29, 0.717) is 4.47 Å². The van der Waals surface area contributed by atoms with Crippen LogP contribution in [0, 0.1) is 5.82 Å². The number of benzene rings is 2. The Kier molecular flexibility index (Phi) is 5.96. The van der Waals surface area contributed by atoms with E-state index in [1.54, 1.807) is 12.2 Å². The number of halogens is 3. The predicted octanol–water partition coefficient (Wildman–Crippen LogP) is 4.40. The number of hydrogen-bond donors (Lipinski definition) is 1. The molecule has 0 saturated heterocycles. The van der Waals surface area contributed by atoms with Crippen molar-refractivity contribution in [1.82, 2.24) is 0 Å². The van der Waals surface area contributed by atoms with Gasteiger partial charge in [-0.15, -0.1) is 0 Å². The first-order valence-electron chi connectivity index (χ1n) is 8.95. The molecule has 2 N–H and O–H groups in total. The molecule has 0 unspecified atom stereocenters. The topological polar surface area (TPSA) is 72.5 Å². The molecule has 0 spiro atoms. The highest BCUT2D eigenvalue weighted by atomic mass is 79.9. The molecule has 29 heavy (non-hydrogen) atoms. The maximum Gasteiger partial charge on any atom is 0.168 e. The fourth-order valence-corrected chi connectivity index (χ4v) is 5.98. The van der Waals surface area contributed by atoms with Crippen molar-refractivity contribution >= 4 is 37.7 Å². The first-order valence-corrected chi connectivity index (χ1v) is 11.4. The van der Waals surface area contributed by atoms with E-state index < -0.39 is 38.4 Å². The average molecular weight is 483 g/mol. The minimum atomic E-state index is -4.09. The van der Waals surface area contributed by atoms with Gasteiger partial charge in [0.1, 0.15) is 23.9 Å². The Hall–Kier alpha value is -2.06. The molecule has 154 valence electrons. The van der Waals surface area contributed by atoms with E-state index in [2.05, 4.69) is 20.9 Å². The molecule has 2 atom stereocenters. The van der Waals surface area contributed by atoms with Crippen LogP contribution in [0.3, 0.4) is 0 Å². The molecule has 0 aromatic heterocycles. The van der Waals surface area contributed by atoms with Gasteiger partial charge in [-0.05, 0) is 37.1 Å². The maximum absolute atomic E-state index is 14.4. The predicted molar refractivity (Wildman–Crippen MR) is 116 cm³/mol. The van der Waals surface area contributed by atoms with Gasteiger partial charge in [-0.2, -0.15) is 0 Å². The van der Waals surface area contributed by atoms with Gasteiger partial charge in [0.25, 0.3) is 0 Å². The molecule has 8 heteroatoms. The molecule has 0 fully saturated rings. The summed E-state index contributed by atoms with van der Waals surface area (Å²) in [4.78, 5) is 4.31. The number of rotatable bonds is 5. The zero-order valence-corrected chi connectivity index (χ0v) is 18.2. The molecule has 0 amide bonds. The minimum absolute atomic E-state index is 0.0886. The summed E-state index contributed by atoms with van der Waals surface area (Å²) in [7, 11) is -4.09. The number of aliphatic imine (C=N–C) groups is 1. The lowest BCUT2D eigenvalue weighted by Crippen LogP contribution is -2.59. The standard InChI is InChI=1S/C21H21BrF2N2O2S/c1-20(17-12-16(22)9-10-18(17)24)14-29(27,28)21(13-23,19(25)26-20)11-5-8-15-6-3-2-4-7-15/h2-10,12H,11,13-14H2,1H3,(H2,25,26)/b8-5+/t20-,21-/m0/s1. The van der Waals surface area contributed by atoms with Crippen molar-refractivity contribution < 1.29 is 17.2 Å². The molecule has 1 aliphatic heterocycles. The second-order valence-electron chi connectivity index (χ2n) is 7.30. The van der Waals surface area contributed by atoms with Gasteiger partial charge >= 0.3 is 0 Å². The van der Waals surface area contributed by atoms with Gasteiger partial charge < -0.3 is 5.73 Å². The molecule has 1 aliphatic rings. The van der Waals surface area contributed by atoms with E-state index in [0.717, 1.165) is 5.56 Å². The Morgan fingerprint density at radius 1 is 1.24 bits per heavy atom. The number of sulfone groups is 1. The summed E-state index contributed by atoms with van der Waals surface area (Å²) in [6.45, 7) is 0.283. The normalized spacial score (nSPS) is 26.4. The van der Waals surface area contributed by atoms with Crippen molar-refractivity contribution in [3.05, 3.63) is 76.0 Å². The third kappa shape index (κ3) is 4.00. The minimum Gasteiger partial charge on any atom is -0.386 e. The zero-order chi connectivity index (χ0) is 21.3. The number of allylic oxidation sites excluding steroid dienone is 1. The van der Waals surface area contributed by atoms with Crippen LogP contribution in [0.5, 0.6) is 0 Å². The number of nitrogens with zero attached hydrogens (tertiary/aromatic N) is 1. The van der Waals surface area contributed by atoms with Crippen LogP contribution in [0.2, 0.25) is 0 Å². The summed E-state index contributed by atoms with van der Waals surface area (Å²) in [5, 5.41) is 0. The van der Waals surface area contributed by atoms with Crippen LogP contribution >= 0.6 is 15.9 Å². The van der Waals surface area contributed by atoms with Crippen LogP contribution in [0.25, 0.3) is 6.08 Å². The van der Waals surface area contributed by atoms with Crippen LogP contribution in [0.1, 0.15) is 24.5 Å². The second kappa shape index (κ2) is 7.99. The summed E-state index contributed by atoms with van der Waals surface area (Å²) in [6, 6.07) is 13.4. The summed E-state index contributed by atoms with van der Waals surface area (Å²) in [6.07, 6.45) is 3.13. The van der Waals surface area contributed by atoms with Crippen molar-refractivity contribution in [2.45, 2.75) is 23.6 Å². The van der Waals surface area contributed by atoms with Crippen LogP contribution in [0.15, 0.2) is 64.1 Å². The van der Waals surface area contributed by atoms with E-state index in [-0.39, 0.29) is 17.8 Å². The fourth-order valence-electron chi connectivity index (χ4n) is 3.50. The van der Waals surface area contributed by atoms with Gasteiger partial charge in [0.05, 0.1) is 5.75 Å². The van der Waals surface area contributed by atoms with Gasteiger partial charge in [0.2, 0.25) is 0 Å². The molecule has 0 aliphatic carbocycles. The zero-order valence-electron chi connectivity index (χ0n) is 15.8. The summed E-state index contributed by atoms with van der Waals surface area (Å²) >= 11 is 3.26. The maximum atomic E-state index is 14.4. The molecule has 4 nitrogen and oxygen atoms in total. The molecule has 2 aromatic carbocycles. The van der Waals surface area contributed by atoms with E-state index in [1.807, 2.05) is 30.3 Å². The average Bonchev–Trinajstić information content (AvgIpc) is 2.66. The van der Waals surface area contributed by atoms with E-state index in [1.165, 1.54) is 25.1 Å². The van der Waals surface area contributed by atoms with E-state index in [9.17, 15) is 17.2 Å². The Bertz CT molecular complexity index is 1070. The molecule has 1 heterocycles. The van der Waals surface area contributed by atoms with Gasteiger partial charge in [0, 0.05) is 10.0 Å². The van der Waals surface area contributed by atoms with Crippen molar-refractivity contribution in [3.8, 4) is 0 Å². The quantitative estimate of drug-likeness (QED) is 0.686. The van der Waals surface area contributed by atoms with Crippen LogP contribution < -0.4 is 5.73 Å². The highest BCUT2D eigenvalue weighted by Crippen LogP contribution is 2.40. The number of amidine groups is 1. The first-order chi connectivity index (χ1) is 13.6. The summed E-state index contributed by atoms with van der Waals surface area (Å²) < 4.78 is 53.6. The Balaban J connectivity index is 2.03. The van der Waals surface area contributed by atoms with Gasteiger partial charge in [-0.25, -0.2) is 17.2 Å². The summed E-state index contributed by atoms with van der Waals surface area (Å²) in [5.41, 5.74) is 5.54. The van der Waals surface area contributed by atoms with Crippen LogP contribution in [-0.4, -0.2) is 31.4 Å². The highest BCUT2D eigenvalue weighted by molar-refractivity contribution is 9.10. The van der Waals surface area contributed by atoms with Crippen LogP contribution in [0.4, 0.5) is 8.78 Å². The third-order valence-corrected chi connectivity index (χ3v) is 8.29. The monoisotopic (exact) mass is 482 g/mol. The van der Waals surface area contributed by atoms with Crippen molar-refractivity contribution in [1.29, 1.82) is 0 Å². The molecule has 0 saturated carbocycles. The second-order valence-corrected chi connectivity index (χ2v) is 10.5. The number of alkyl halides is 1. The smallest absolute Gasteiger partial charge is 0.168 e. The Morgan fingerprint density at radius 2 is 1.93 bits per heavy atom. The van der Waals surface area contributed by atoms with Crippen LogP contribution in [-0.2, 0) is 15.4 Å². The lowest BCUT2D eigenvalue weighted by Gasteiger charge is -2.40. The van der Waals surface area contributed by atoms with Crippen molar-refractivity contribution in [3.63, 3.8) is 0 Å². The third-order valence-electron chi connectivity index (χ3n) is 5.18.